The summed E-state index contributed by atoms with van der Waals surface area (Å²) in [5.41, 5.74) is 1.51. The first-order valence-corrected chi connectivity index (χ1v) is 8.54. The minimum absolute atomic E-state index is 0.125. The van der Waals surface area contributed by atoms with Crippen LogP contribution in [0.4, 0.5) is 5.69 Å². The number of para-hydroxylation sites is 1. The standard InChI is InChI=1S/C18H17N3O3S/c1-23-15-8-7-12(9-16(15)24-2)21-17(22)10-25-18-13-5-3-4-6-14(13)19-11-20-18/h3-9,11H,10H2,1-2H3,(H,21,22). The van der Waals surface area contributed by atoms with Crippen molar-refractivity contribution < 1.29 is 14.3 Å². The van der Waals surface area contributed by atoms with Crippen molar-refractivity contribution in [3.63, 3.8) is 0 Å². The molecule has 0 aliphatic rings. The Balaban J connectivity index is 1.67. The van der Waals surface area contributed by atoms with Crippen molar-refractivity contribution in [2.24, 2.45) is 0 Å². The van der Waals surface area contributed by atoms with E-state index in [9.17, 15) is 4.79 Å². The molecule has 1 N–H and O–H groups in total. The van der Waals surface area contributed by atoms with Crippen molar-refractivity contribution in [2.75, 3.05) is 25.3 Å². The number of anilines is 1. The summed E-state index contributed by atoms with van der Waals surface area (Å²) >= 11 is 1.38. The monoisotopic (exact) mass is 355 g/mol. The SMILES string of the molecule is COc1ccc(NC(=O)CSc2ncnc3ccccc23)cc1OC. The summed E-state index contributed by atoms with van der Waals surface area (Å²) in [5, 5.41) is 4.57. The third kappa shape index (κ3) is 4.00. The number of thioether (sulfide) groups is 1. The van der Waals surface area contributed by atoms with Gasteiger partial charge in [-0.3, -0.25) is 4.79 Å². The van der Waals surface area contributed by atoms with Crippen LogP contribution in [0, 0.1) is 0 Å². The van der Waals surface area contributed by atoms with Crippen LogP contribution in [0.3, 0.4) is 0 Å². The Labute approximate surface area is 149 Å². The number of hydrogen-bond donors (Lipinski definition) is 1. The summed E-state index contributed by atoms with van der Waals surface area (Å²) in [6.07, 6.45) is 1.51. The average Bonchev–Trinajstić information content (AvgIpc) is 2.66. The number of hydrogen-bond acceptors (Lipinski definition) is 6. The molecule has 1 aromatic heterocycles. The van der Waals surface area contributed by atoms with Crippen LogP contribution >= 0.6 is 11.8 Å². The molecule has 2 aromatic carbocycles. The topological polar surface area (TPSA) is 73.3 Å². The molecule has 0 radical (unpaired) electrons. The maximum absolute atomic E-state index is 12.2. The van der Waals surface area contributed by atoms with Crippen LogP contribution in [0.2, 0.25) is 0 Å². The first-order valence-electron chi connectivity index (χ1n) is 7.55. The summed E-state index contributed by atoms with van der Waals surface area (Å²) in [6.45, 7) is 0. The average molecular weight is 355 g/mol. The lowest BCUT2D eigenvalue weighted by molar-refractivity contribution is -0.113. The molecule has 0 spiro atoms. The van der Waals surface area contributed by atoms with Gasteiger partial charge in [-0.15, -0.1) is 0 Å². The van der Waals surface area contributed by atoms with Crippen LogP contribution in [0.25, 0.3) is 10.9 Å². The van der Waals surface area contributed by atoms with E-state index in [-0.39, 0.29) is 11.7 Å². The smallest absolute Gasteiger partial charge is 0.234 e. The van der Waals surface area contributed by atoms with Crippen molar-refractivity contribution in [3.05, 3.63) is 48.8 Å². The van der Waals surface area contributed by atoms with Gasteiger partial charge in [0, 0.05) is 17.1 Å². The molecule has 0 aliphatic heterocycles. The highest BCUT2D eigenvalue weighted by molar-refractivity contribution is 8.00. The number of fused-ring (bicyclic) bond motifs is 1. The van der Waals surface area contributed by atoms with Gasteiger partial charge in [-0.05, 0) is 18.2 Å². The van der Waals surface area contributed by atoms with Gasteiger partial charge in [-0.1, -0.05) is 30.0 Å². The molecule has 0 unspecified atom stereocenters. The van der Waals surface area contributed by atoms with E-state index in [1.807, 2.05) is 24.3 Å². The van der Waals surface area contributed by atoms with Gasteiger partial charge in [-0.2, -0.15) is 0 Å². The first-order chi connectivity index (χ1) is 12.2. The molecule has 7 heteroatoms. The maximum atomic E-state index is 12.2. The second-order valence-electron chi connectivity index (χ2n) is 5.10. The van der Waals surface area contributed by atoms with Crippen LogP contribution in [0.5, 0.6) is 11.5 Å². The van der Waals surface area contributed by atoms with E-state index in [0.29, 0.717) is 17.2 Å². The van der Waals surface area contributed by atoms with Crippen molar-refractivity contribution in [1.82, 2.24) is 9.97 Å². The zero-order valence-corrected chi connectivity index (χ0v) is 14.7. The number of carbonyl (C=O) groups is 1. The molecule has 25 heavy (non-hydrogen) atoms. The number of aromatic nitrogens is 2. The molecule has 1 amide bonds. The second kappa shape index (κ2) is 7.85. The molecular formula is C18H17N3O3S. The molecule has 1 heterocycles. The van der Waals surface area contributed by atoms with Gasteiger partial charge in [0.2, 0.25) is 5.91 Å². The zero-order chi connectivity index (χ0) is 17.6. The number of ether oxygens (including phenoxy) is 2. The fourth-order valence-electron chi connectivity index (χ4n) is 2.34. The van der Waals surface area contributed by atoms with Gasteiger partial charge < -0.3 is 14.8 Å². The van der Waals surface area contributed by atoms with Gasteiger partial charge in [0.25, 0.3) is 0 Å². The highest BCUT2D eigenvalue weighted by atomic mass is 32.2. The summed E-state index contributed by atoms with van der Waals surface area (Å²) in [5.74, 6) is 1.30. The lowest BCUT2D eigenvalue weighted by atomic mass is 10.2. The number of methoxy groups -OCH3 is 2. The van der Waals surface area contributed by atoms with Crippen LogP contribution in [0.1, 0.15) is 0 Å². The van der Waals surface area contributed by atoms with E-state index in [1.54, 1.807) is 32.4 Å². The number of rotatable bonds is 6. The summed E-state index contributed by atoms with van der Waals surface area (Å²) in [6, 6.07) is 13.0. The second-order valence-corrected chi connectivity index (χ2v) is 6.07. The molecule has 0 aliphatic carbocycles. The predicted octanol–water partition coefficient (Wildman–Crippen LogP) is 3.38. The Kier molecular flexibility index (Phi) is 5.35. The quantitative estimate of drug-likeness (QED) is 0.540. The molecule has 6 nitrogen and oxygen atoms in total. The number of benzene rings is 2. The Morgan fingerprint density at radius 3 is 2.68 bits per heavy atom. The predicted molar refractivity (Wildman–Crippen MR) is 98.4 cm³/mol. The third-order valence-electron chi connectivity index (χ3n) is 3.51. The summed E-state index contributed by atoms with van der Waals surface area (Å²) in [7, 11) is 3.12. The fourth-order valence-corrected chi connectivity index (χ4v) is 3.13. The third-order valence-corrected chi connectivity index (χ3v) is 4.52. The molecular weight excluding hydrogens is 338 g/mol. The molecule has 0 fully saturated rings. The van der Waals surface area contributed by atoms with Crippen LogP contribution in [-0.2, 0) is 4.79 Å². The van der Waals surface area contributed by atoms with Crippen molar-refractivity contribution >= 4 is 34.3 Å². The lowest BCUT2D eigenvalue weighted by Crippen LogP contribution is -2.14. The molecule has 128 valence electrons. The highest BCUT2D eigenvalue weighted by Crippen LogP contribution is 2.30. The van der Waals surface area contributed by atoms with E-state index in [2.05, 4.69) is 15.3 Å². The van der Waals surface area contributed by atoms with Gasteiger partial charge in [0.05, 0.1) is 25.5 Å². The number of nitrogens with zero attached hydrogens (tertiary/aromatic N) is 2. The fraction of sp³-hybridized carbons (Fsp3) is 0.167. The van der Waals surface area contributed by atoms with Crippen LogP contribution in [0.15, 0.2) is 53.8 Å². The van der Waals surface area contributed by atoms with E-state index >= 15 is 0 Å². The first kappa shape index (κ1) is 17.0. The number of nitrogens with one attached hydrogen (secondary N) is 1. The van der Waals surface area contributed by atoms with E-state index in [0.717, 1.165) is 15.9 Å². The maximum Gasteiger partial charge on any atom is 0.234 e. The van der Waals surface area contributed by atoms with E-state index < -0.39 is 0 Å². The lowest BCUT2D eigenvalue weighted by Gasteiger charge is -2.10. The van der Waals surface area contributed by atoms with Crippen molar-refractivity contribution in [3.8, 4) is 11.5 Å². The van der Waals surface area contributed by atoms with Gasteiger partial charge >= 0.3 is 0 Å². The van der Waals surface area contributed by atoms with Crippen molar-refractivity contribution in [2.45, 2.75) is 5.03 Å². The largest absolute Gasteiger partial charge is 0.493 e. The number of carbonyl (C=O) groups excluding carboxylic acids is 1. The van der Waals surface area contributed by atoms with Gasteiger partial charge in [0.15, 0.2) is 11.5 Å². The molecule has 3 rings (SSSR count). The Morgan fingerprint density at radius 1 is 1.08 bits per heavy atom. The molecule has 0 bridgehead atoms. The Hall–Kier alpha value is -2.80. The van der Waals surface area contributed by atoms with Crippen LogP contribution in [-0.4, -0.2) is 35.8 Å². The van der Waals surface area contributed by atoms with Crippen molar-refractivity contribution in [1.29, 1.82) is 0 Å². The molecule has 0 saturated heterocycles. The molecule has 3 aromatic rings. The van der Waals surface area contributed by atoms with E-state index in [4.69, 9.17) is 9.47 Å². The minimum Gasteiger partial charge on any atom is -0.493 e. The zero-order valence-electron chi connectivity index (χ0n) is 13.9. The summed E-state index contributed by atoms with van der Waals surface area (Å²) < 4.78 is 10.4. The minimum atomic E-state index is -0.125. The molecule has 0 atom stereocenters. The van der Waals surface area contributed by atoms with Crippen LogP contribution < -0.4 is 14.8 Å². The molecule has 0 saturated carbocycles. The normalized spacial score (nSPS) is 10.5. The number of amides is 1. The van der Waals surface area contributed by atoms with E-state index in [1.165, 1.54) is 18.1 Å². The highest BCUT2D eigenvalue weighted by Gasteiger charge is 2.10. The Bertz CT molecular complexity index is 896. The Morgan fingerprint density at radius 2 is 1.88 bits per heavy atom. The van der Waals surface area contributed by atoms with Gasteiger partial charge in [0.1, 0.15) is 11.4 Å². The van der Waals surface area contributed by atoms with Gasteiger partial charge in [-0.25, -0.2) is 9.97 Å². The summed E-state index contributed by atoms with van der Waals surface area (Å²) in [4.78, 5) is 20.7.